The summed E-state index contributed by atoms with van der Waals surface area (Å²) < 4.78 is 5.10. The fourth-order valence-electron chi connectivity index (χ4n) is 1.56. The van der Waals surface area contributed by atoms with E-state index in [1.54, 1.807) is 13.2 Å². The molecule has 0 spiro atoms. The second kappa shape index (κ2) is 5.27. The summed E-state index contributed by atoms with van der Waals surface area (Å²) >= 11 is 13.8. The maximum absolute atomic E-state index is 6.17. The van der Waals surface area contributed by atoms with Crippen molar-refractivity contribution in [2.45, 2.75) is 6.04 Å². The predicted molar refractivity (Wildman–Crippen MR) is 73.4 cm³/mol. The van der Waals surface area contributed by atoms with Crippen molar-refractivity contribution in [3.05, 3.63) is 50.1 Å². The van der Waals surface area contributed by atoms with Gasteiger partial charge in [-0.3, -0.25) is 0 Å². The number of rotatable bonds is 3. The maximum Gasteiger partial charge on any atom is 0.120 e. The summed E-state index contributed by atoms with van der Waals surface area (Å²) in [4.78, 5) is 0.915. The molecule has 5 heteroatoms. The van der Waals surface area contributed by atoms with E-state index in [0.29, 0.717) is 15.8 Å². The molecule has 0 saturated heterocycles. The molecule has 1 aromatic carbocycles. The summed E-state index contributed by atoms with van der Waals surface area (Å²) in [6.07, 6.45) is 0. The monoisotopic (exact) mass is 287 g/mol. The Morgan fingerprint density at radius 1 is 1.24 bits per heavy atom. The number of benzene rings is 1. The van der Waals surface area contributed by atoms with Gasteiger partial charge in [0.05, 0.1) is 18.2 Å². The second-order valence-electron chi connectivity index (χ2n) is 3.50. The first kappa shape index (κ1) is 12.7. The molecule has 2 aromatic rings. The lowest BCUT2D eigenvalue weighted by atomic mass is 10.1. The topological polar surface area (TPSA) is 35.2 Å². The van der Waals surface area contributed by atoms with Crippen LogP contribution in [-0.2, 0) is 0 Å². The van der Waals surface area contributed by atoms with Crippen LogP contribution in [0.1, 0.15) is 16.5 Å². The molecule has 0 amide bonds. The van der Waals surface area contributed by atoms with E-state index >= 15 is 0 Å². The fraction of sp³-hybridized carbons (Fsp3) is 0.167. The highest BCUT2D eigenvalue weighted by Crippen LogP contribution is 2.35. The number of ether oxygens (including phenoxy) is 1. The zero-order valence-electron chi connectivity index (χ0n) is 9.11. The predicted octanol–water partition coefficient (Wildman–Crippen LogP) is 4.11. The second-order valence-corrected chi connectivity index (χ2v) is 5.26. The number of thiophene rings is 1. The van der Waals surface area contributed by atoms with Gasteiger partial charge in [-0.2, -0.15) is 0 Å². The Morgan fingerprint density at radius 3 is 2.53 bits per heavy atom. The normalized spacial score (nSPS) is 12.5. The van der Waals surface area contributed by atoms with Crippen molar-refractivity contribution in [2.24, 2.45) is 5.73 Å². The van der Waals surface area contributed by atoms with Crippen LogP contribution in [0.2, 0.25) is 10.0 Å². The van der Waals surface area contributed by atoms with Crippen molar-refractivity contribution < 1.29 is 4.74 Å². The maximum atomic E-state index is 6.17. The SMILES string of the molecule is COc1ccc(C(N)c2sccc2Cl)c(Cl)c1. The average molecular weight is 288 g/mol. The number of halogens is 2. The Balaban J connectivity index is 2.38. The molecular weight excluding hydrogens is 277 g/mol. The van der Waals surface area contributed by atoms with Crippen LogP contribution in [0, 0.1) is 0 Å². The highest BCUT2D eigenvalue weighted by Gasteiger charge is 2.17. The molecule has 2 rings (SSSR count). The molecule has 0 saturated carbocycles. The van der Waals surface area contributed by atoms with Gasteiger partial charge in [0.1, 0.15) is 5.75 Å². The number of hydrogen-bond donors (Lipinski definition) is 1. The van der Waals surface area contributed by atoms with E-state index in [1.165, 1.54) is 11.3 Å². The largest absolute Gasteiger partial charge is 0.497 e. The van der Waals surface area contributed by atoms with Gasteiger partial charge in [-0.15, -0.1) is 11.3 Å². The first-order valence-electron chi connectivity index (χ1n) is 4.95. The quantitative estimate of drug-likeness (QED) is 0.922. The van der Waals surface area contributed by atoms with Crippen LogP contribution < -0.4 is 10.5 Å². The summed E-state index contributed by atoms with van der Waals surface area (Å²) in [5.41, 5.74) is 7.00. The van der Waals surface area contributed by atoms with Gasteiger partial charge in [0.25, 0.3) is 0 Å². The number of hydrogen-bond acceptors (Lipinski definition) is 3. The molecule has 2 N–H and O–H groups in total. The molecule has 1 aromatic heterocycles. The minimum absolute atomic E-state index is 0.305. The first-order chi connectivity index (χ1) is 8.13. The summed E-state index contributed by atoms with van der Waals surface area (Å²) in [7, 11) is 1.60. The molecule has 0 bridgehead atoms. The Bertz CT molecular complexity index is 527. The van der Waals surface area contributed by atoms with Gasteiger partial charge in [0.15, 0.2) is 0 Å². The molecule has 0 radical (unpaired) electrons. The van der Waals surface area contributed by atoms with Gasteiger partial charge in [-0.1, -0.05) is 29.3 Å². The van der Waals surface area contributed by atoms with Gasteiger partial charge >= 0.3 is 0 Å². The lowest BCUT2D eigenvalue weighted by Crippen LogP contribution is -2.11. The molecule has 90 valence electrons. The van der Waals surface area contributed by atoms with Crippen molar-refractivity contribution in [3.63, 3.8) is 0 Å². The molecular formula is C12H11Cl2NOS. The third kappa shape index (κ3) is 2.58. The van der Waals surface area contributed by atoms with E-state index in [1.807, 2.05) is 23.6 Å². The van der Waals surface area contributed by atoms with E-state index < -0.39 is 0 Å². The molecule has 1 heterocycles. The van der Waals surface area contributed by atoms with Crippen molar-refractivity contribution >= 4 is 34.5 Å². The van der Waals surface area contributed by atoms with Gasteiger partial charge in [0.2, 0.25) is 0 Å². The van der Waals surface area contributed by atoms with Gasteiger partial charge in [-0.05, 0) is 29.1 Å². The molecule has 1 atom stereocenters. The van der Waals surface area contributed by atoms with Gasteiger partial charge < -0.3 is 10.5 Å². The third-order valence-corrected chi connectivity index (χ3v) is 4.24. The van der Waals surface area contributed by atoms with Crippen LogP contribution in [0.25, 0.3) is 0 Å². The Labute approximate surface area is 114 Å². The van der Waals surface area contributed by atoms with Crippen LogP contribution in [0.15, 0.2) is 29.6 Å². The summed E-state index contributed by atoms with van der Waals surface area (Å²) in [5.74, 6) is 0.711. The molecule has 0 aliphatic rings. The molecule has 1 unspecified atom stereocenters. The van der Waals surface area contributed by atoms with Crippen LogP contribution in [0.5, 0.6) is 5.75 Å². The first-order valence-corrected chi connectivity index (χ1v) is 6.59. The van der Waals surface area contributed by atoms with Crippen molar-refractivity contribution in [1.82, 2.24) is 0 Å². The van der Waals surface area contributed by atoms with Crippen LogP contribution in [0.3, 0.4) is 0 Å². The summed E-state index contributed by atoms with van der Waals surface area (Å²) in [5, 5.41) is 3.17. The van der Waals surface area contributed by atoms with Gasteiger partial charge in [-0.25, -0.2) is 0 Å². The standard InChI is InChI=1S/C12H11Cl2NOS/c1-16-7-2-3-8(10(14)6-7)11(15)12-9(13)4-5-17-12/h2-6,11H,15H2,1H3. The van der Waals surface area contributed by atoms with E-state index in [9.17, 15) is 0 Å². The number of methoxy groups -OCH3 is 1. The van der Waals surface area contributed by atoms with E-state index in [2.05, 4.69) is 0 Å². The minimum Gasteiger partial charge on any atom is -0.497 e. The number of nitrogens with two attached hydrogens (primary N) is 1. The van der Waals surface area contributed by atoms with Crippen LogP contribution in [-0.4, -0.2) is 7.11 Å². The molecule has 0 fully saturated rings. The molecule has 17 heavy (non-hydrogen) atoms. The van der Waals surface area contributed by atoms with E-state index in [-0.39, 0.29) is 6.04 Å². The van der Waals surface area contributed by atoms with Crippen LogP contribution in [0.4, 0.5) is 0 Å². The molecule has 2 nitrogen and oxygen atoms in total. The van der Waals surface area contributed by atoms with Crippen LogP contribution >= 0.6 is 34.5 Å². The van der Waals surface area contributed by atoms with Crippen molar-refractivity contribution in [1.29, 1.82) is 0 Å². The van der Waals surface area contributed by atoms with Crippen molar-refractivity contribution in [2.75, 3.05) is 7.11 Å². The molecule has 0 aliphatic carbocycles. The smallest absolute Gasteiger partial charge is 0.120 e. The lowest BCUT2D eigenvalue weighted by Gasteiger charge is -2.13. The Morgan fingerprint density at radius 2 is 2.00 bits per heavy atom. The van der Waals surface area contributed by atoms with E-state index in [0.717, 1.165) is 10.4 Å². The third-order valence-electron chi connectivity index (χ3n) is 2.47. The molecule has 0 aliphatic heterocycles. The minimum atomic E-state index is -0.305. The van der Waals surface area contributed by atoms with E-state index in [4.69, 9.17) is 33.7 Å². The highest BCUT2D eigenvalue weighted by molar-refractivity contribution is 7.10. The zero-order chi connectivity index (χ0) is 12.4. The van der Waals surface area contributed by atoms with Crippen molar-refractivity contribution in [3.8, 4) is 5.75 Å². The highest BCUT2D eigenvalue weighted by atomic mass is 35.5. The average Bonchev–Trinajstić information content (AvgIpc) is 2.74. The summed E-state index contributed by atoms with van der Waals surface area (Å²) in [6.45, 7) is 0. The zero-order valence-corrected chi connectivity index (χ0v) is 11.4. The van der Waals surface area contributed by atoms with Gasteiger partial charge in [0, 0.05) is 9.90 Å². The lowest BCUT2D eigenvalue weighted by molar-refractivity contribution is 0.414. The fourth-order valence-corrected chi connectivity index (χ4v) is 3.04. The Hall–Kier alpha value is -0.740. The Kier molecular flexibility index (Phi) is 3.94. The summed E-state index contributed by atoms with van der Waals surface area (Å²) in [6, 6.07) is 6.97.